The summed E-state index contributed by atoms with van der Waals surface area (Å²) in [6.45, 7) is 0.383. The van der Waals surface area contributed by atoms with E-state index in [1.165, 1.54) is 18.7 Å². The summed E-state index contributed by atoms with van der Waals surface area (Å²) >= 11 is 0. The van der Waals surface area contributed by atoms with Crippen molar-refractivity contribution in [1.29, 1.82) is 0 Å². The number of hydrogen-bond donors (Lipinski definition) is 3. The Kier molecular flexibility index (Phi) is 6.52. The average molecular weight is 279 g/mol. The molecule has 0 saturated carbocycles. The number of carbonyl (C=O) groups is 1. The van der Waals surface area contributed by atoms with Gasteiger partial charge in [0, 0.05) is 18.8 Å². The molecule has 0 bridgehead atoms. The number of aromatic nitrogens is 1. The summed E-state index contributed by atoms with van der Waals surface area (Å²) in [5.74, 6) is -0.569. The first-order chi connectivity index (χ1) is 9.59. The van der Waals surface area contributed by atoms with Gasteiger partial charge in [-0.2, -0.15) is 0 Å². The monoisotopic (exact) mass is 279 g/mol. The van der Waals surface area contributed by atoms with Crippen LogP contribution in [0.25, 0.3) is 6.08 Å². The SMILES string of the molecule is NC(N)=NCCCC(N=C/C=C/c1ncco1)C(=O)O. The van der Waals surface area contributed by atoms with E-state index in [1.54, 1.807) is 12.2 Å². The Balaban J connectivity index is 2.42. The van der Waals surface area contributed by atoms with Crippen LogP contribution in [0.15, 0.2) is 32.9 Å². The van der Waals surface area contributed by atoms with Gasteiger partial charge in [0.1, 0.15) is 12.3 Å². The zero-order valence-corrected chi connectivity index (χ0v) is 10.8. The van der Waals surface area contributed by atoms with Gasteiger partial charge in [0.15, 0.2) is 5.96 Å². The number of aliphatic imine (C=N–C) groups is 2. The van der Waals surface area contributed by atoms with Crippen LogP contribution in [0.1, 0.15) is 18.7 Å². The molecule has 0 aliphatic carbocycles. The van der Waals surface area contributed by atoms with Gasteiger partial charge < -0.3 is 21.0 Å². The Morgan fingerprint density at radius 3 is 2.95 bits per heavy atom. The summed E-state index contributed by atoms with van der Waals surface area (Å²) in [6.07, 6.45) is 8.41. The highest BCUT2D eigenvalue weighted by Gasteiger charge is 2.13. The summed E-state index contributed by atoms with van der Waals surface area (Å²) in [5.41, 5.74) is 10.3. The van der Waals surface area contributed by atoms with Gasteiger partial charge in [-0.05, 0) is 18.9 Å². The third kappa shape index (κ3) is 6.34. The maximum atomic E-state index is 11.0. The number of allylic oxidation sites excluding steroid dienone is 1. The van der Waals surface area contributed by atoms with Crippen LogP contribution in [0.5, 0.6) is 0 Å². The summed E-state index contributed by atoms with van der Waals surface area (Å²) < 4.78 is 4.98. The Labute approximate surface area is 115 Å². The van der Waals surface area contributed by atoms with Crippen LogP contribution in [0.2, 0.25) is 0 Å². The van der Waals surface area contributed by atoms with Crippen molar-refractivity contribution in [2.75, 3.05) is 6.54 Å². The Morgan fingerprint density at radius 1 is 1.55 bits per heavy atom. The highest BCUT2D eigenvalue weighted by molar-refractivity contribution is 5.81. The fourth-order valence-corrected chi connectivity index (χ4v) is 1.35. The van der Waals surface area contributed by atoms with Crippen LogP contribution in [0, 0.1) is 0 Å². The number of carboxylic acids is 1. The van der Waals surface area contributed by atoms with Crippen molar-refractivity contribution in [3.63, 3.8) is 0 Å². The molecule has 0 amide bonds. The molecule has 5 N–H and O–H groups in total. The van der Waals surface area contributed by atoms with E-state index in [0.717, 1.165) is 0 Å². The van der Waals surface area contributed by atoms with E-state index < -0.39 is 12.0 Å². The van der Waals surface area contributed by atoms with Gasteiger partial charge in [0.05, 0.1) is 6.20 Å². The first kappa shape index (κ1) is 15.4. The average Bonchev–Trinajstić information content (AvgIpc) is 2.89. The maximum absolute atomic E-state index is 11.0. The molecule has 1 heterocycles. The predicted octanol–water partition coefficient (Wildman–Crippen LogP) is 0.265. The summed E-state index contributed by atoms with van der Waals surface area (Å²) in [6, 6.07) is -0.821. The second-order valence-electron chi connectivity index (χ2n) is 3.83. The number of nitrogens with two attached hydrogens (primary N) is 2. The molecule has 108 valence electrons. The zero-order chi connectivity index (χ0) is 14.8. The largest absolute Gasteiger partial charge is 0.480 e. The summed E-state index contributed by atoms with van der Waals surface area (Å²) in [5, 5.41) is 9.01. The van der Waals surface area contributed by atoms with E-state index in [2.05, 4.69) is 15.0 Å². The Morgan fingerprint density at radius 2 is 2.35 bits per heavy atom. The lowest BCUT2D eigenvalue weighted by Crippen LogP contribution is -2.23. The van der Waals surface area contributed by atoms with Gasteiger partial charge in [-0.1, -0.05) is 0 Å². The van der Waals surface area contributed by atoms with E-state index in [9.17, 15) is 4.79 Å². The van der Waals surface area contributed by atoms with Crippen molar-refractivity contribution in [2.45, 2.75) is 18.9 Å². The molecule has 0 saturated heterocycles. The van der Waals surface area contributed by atoms with E-state index in [4.69, 9.17) is 21.0 Å². The van der Waals surface area contributed by atoms with Crippen molar-refractivity contribution >= 4 is 24.2 Å². The topological polar surface area (TPSA) is 140 Å². The van der Waals surface area contributed by atoms with E-state index in [0.29, 0.717) is 25.3 Å². The van der Waals surface area contributed by atoms with Crippen molar-refractivity contribution in [3.05, 3.63) is 24.4 Å². The highest BCUT2D eigenvalue weighted by Crippen LogP contribution is 2.03. The smallest absolute Gasteiger partial charge is 0.328 e. The second-order valence-corrected chi connectivity index (χ2v) is 3.83. The van der Waals surface area contributed by atoms with Gasteiger partial charge in [-0.25, -0.2) is 9.78 Å². The van der Waals surface area contributed by atoms with E-state index in [-0.39, 0.29) is 5.96 Å². The molecule has 0 radical (unpaired) electrons. The molecule has 0 aromatic carbocycles. The molecule has 0 aliphatic heterocycles. The molecule has 8 heteroatoms. The van der Waals surface area contributed by atoms with E-state index >= 15 is 0 Å². The number of hydrogen-bond acceptors (Lipinski definition) is 5. The van der Waals surface area contributed by atoms with Crippen molar-refractivity contribution in [3.8, 4) is 0 Å². The number of aliphatic carboxylic acids is 1. The highest BCUT2D eigenvalue weighted by atomic mass is 16.4. The van der Waals surface area contributed by atoms with Crippen molar-refractivity contribution < 1.29 is 14.3 Å². The van der Waals surface area contributed by atoms with Crippen LogP contribution >= 0.6 is 0 Å². The minimum Gasteiger partial charge on any atom is -0.480 e. The molecule has 8 nitrogen and oxygen atoms in total. The van der Waals surface area contributed by atoms with Gasteiger partial charge in [-0.15, -0.1) is 0 Å². The number of guanidine groups is 1. The van der Waals surface area contributed by atoms with Gasteiger partial charge in [0.2, 0.25) is 5.89 Å². The molecule has 1 unspecified atom stereocenters. The van der Waals surface area contributed by atoms with Crippen LogP contribution in [0.4, 0.5) is 0 Å². The third-order valence-electron chi connectivity index (χ3n) is 2.26. The van der Waals surface area contributed by atoms with Crippen LogP contribution in [0.3, 0.4) is 0 Å². The first-order valence-electron chi connectivity index (χ1n) is 5.97. The molecule has 0 aliphatic rings. The lowest BCUT2D eigenvalue weighted by atomic mass is 10.1. The minimum atomic E-state index is -0.990. The molecule has 0 spiro atoms. The fourth-order valence-electron chi connectivity index (χ4n) is 1.35. The Hall–Kier alpha value is -2.64. The number of rotatable bonds is 8. The standard InChI is InChI=1S/C12H17N5O3/c13-12(14)17-6-1-3-9(11(18)19)15-5-2-4-10-16-7-8-20-10/h2,4-5,7-9H,1,3,6H2,(H,18,19)(H4,13,14,17)/b4-2+,15-5?. The van der Waals surface area contributed by atoms with Crippen LogP contribution < -0.4 is 11.5 Å². The zero-order valence-electron chi connectivity index (χ0n) is 10.8. The van der Waals surface area contributed by atoms with E-state index in [1.807, 2.05) is 0 Å². The molecular formula is C12H17N5O3. The number of nitrogens with zero attached hydrogens (tertiary/aromatic N) is 3. The number of oxazole rings is 1. The molecule has 1 rings (SSSR count). The summed E-state index contributed by atoms with van der Waals surface area (Å²) in [7, 11) is 0. The van der Waals surface area contributed by atoms with Gasteiger partial charge >= 0.3 is 5.97 Å². The van der Waals surface area contributed by atoms with Gasteiger partial charge in [-0.3, -0.25) is 9.98 Å². The van der Waals surface area contributed by atoms with Crippen molar-refractivity contribution in [1.82, 2.24) is 4.98 Å². The summed E-state index contributed by atoms with van der Waals surface area (Å²) in [4.78, 5) is 22.6. The van der Waals surface area contributed by atoms with Crippen LogP contribution in [-0.4, -0.2) is 40.8 Å². The van der Waals surface area contributed by atoms with Crippen molar-refractivity contribution in [2.24, 2.45) is 21.5 Å². The molecule has 1 aromatic rings. The molecular weight excluding hydrogens is 262 g/mol. The quantitative estimate of drug-likeness (QED) is 0.354. The Bertz CT molecular complexity index is 489. The lowest BCUT2D eigenvalue weighted by molar-refractivity contribution is -0.138. The first-order valence-corrected chi connectivity index (χ1v) is 5.97. The molecule has 1 aromatic heterocycles. The fraction of sp³-hybridized carbons (Fsp3) is 0.333. The number of carboxylic acid groups (broad SMARTS) is 1. The van der Waals surface area contributed by atoms with Crippen LogP contribution in [-0.2, 0) is 4.79 Å². The minimum absolute atomic E-state index is 0.00532. The molecule has 1 atom stereocenters. The molecule has 0 fully saturated rings. The maximum Gasteiger partial charge on any atom is 0.328 e. The third-order valence-corrected chi connectivity index (χ3v) is 2.26. The molecule has 20 heavy (non-hydrogen) atoms. The predicted molar refractivity (Wildman–Crippen MR) is 75.4 cm³/mol. The second kappa shape index (κ2) is 8.46. The normalized spacial score (nSPS) is 12.8. The van der Waals surface area contributed by atoms with Gasteiger partial charge in [0.25, 0.3) is 0 Å². The lowest BCUT2D eigenvalue weighted by Gasteiger charge is -2.05.